The average molecular weight is 358 g/mol. The van der Waals surface area contributed by atoms with Gasteiger partial charge in [0.1, 0.15) is 6.04 Å². The molecule has 0 saturated carbocycles. The van der Waals surface area contributed by atoms with Gasteiger partial charge in [0.05, 0.1) is 12.3 Å². The van der Waals surface area contributed by atoms with E-state index in [4.69, 9.17) is 0 Å². The first-order chi connectivity index (χ1) is 12.0. The predicted molar refractivity (Wildman–Crippen MR) is 97.4 cm³/mol. The molecule has 1 fully saturated rings. The molecule has 1 amide bonds. The fraction of sp³-hybridized carbons (Fsp3) is 0.316. The molecular formula is C19H22N2O3S. The van der Waals surface area contributed by atoms with Gasteiger partial charge in [-0.25, -0.2) is 8.42 Å². The number of sulfonamides is 1. The third-order valence-electron chi connectivity index (χ3n) is 4.48. The molecule has 1 atom stereocenters. The Labute approximate surface area is 148 Å². The van der Waals surface area contributed by atoms with Crippen molar-refractivity contribution in [3.05, 3.63) is 71.8 Å². The molecule has 3 rings (SSSR count). The second-order valence-electron chi connectivity index (χ2n) is 6.29. The Morgan fingerprint density at radius 3 is 2.04 bits per heavy atom. The minimum absolute atomic E-state index is 0.249. The van der Waals surface area contributed by atoms with Gasteiger partial charge in [0.25, 0.3) is 0 Å². The second kappa shape index (κ2) is 7.37. The van der Waals surface area contributed by atoms with Crippen LogP contribution >= 0.6 is 0 Å². The van der Waals surface area contributed by atoms with Gasteiger partial charge in [0.2, 0.25) is 15.9 Å². The molecule has 1 N–H and O–H groups in total. The van der Waals surface area contributed by atoms with Crippen LogP contribution in [-0.4, -0.2) is 37.5 Å². The lowest BCUT2D eigenvalue weighted by Gasteiger charge is -2.25. The molecule has 5 nitrogen and oxygen atoms in total. The van der Waals surface area contributed by atoms with E-state index in [1.54, 1.807) is 0 Å². The summed E-state index contributed by atoms with van der Waals surface area (Å²) in [6.07, 6.45) is 2.41. The fourth-order valence-corrected chi connectivity index (χ4v) is 4.41. The minimum atomic E-state index is -3.39. The highest BCUT2D eigenvalue weighted by Gasteiger charge is 2.37. The Morgan fingerprint density at radius 2 is 1.56 bits per heavy atom. The predicted octanol–water partition coefficient (Wildman–Crippen LogP) is 2.32. The number of carbonyl (C=O) groups is 1. The zero-order valence-corrected chi connectivity index (χ0v) is 14.9. The van der Waals surface area contributed by atoms with Crippen LogP contribution in [0.4, 0.5) is 0 Å². The van der Waals surface area contributed by atoms with Crippen LogP contribution in [-0.2, 0) is 14.8 Å². The Balaban J connectivity index is 1.87. The number of hydrogen-bond donors (Lipinski definition) is 1. The fourth-order valence-electron chi connectivity index (χ4n) is 3.29. The molecule has 1 saturated heterocycles. The molecular weight excluding hydrogens is 336 g/mol. The van der Waals surface area contributed by atoms with Crippen molar-refractivity contribution in [1.29, 1.82) is 0 Å². The number of benzene rings is 2. The van der Waals surface area contributed by atoms with Crippen molar-refractivity contribution in [3.8, 4) is 0 Å². The monoisotopic (exact) mass is 358 g/mol. The van der Waals surface area contributed by atoms with Gasteiger partial charge < -0.3 is 5.32 Å². The highest BCUT2D eigenvalue weighted by Crippen LogP contribution is 2.25. The van der Waals surface area contributed by atoms with Crippen LogP contribution in [0.2, 0.25) is 0 Å². The maximum Gasteiger partial charge on any atom is 0.239 e. The van der Waals surface area contributed by atoms with Crippen molar-refractivity contribution in [2.75, 3.05) is 12.8 Å². The van der Waals surface area contributed by atoms with Crippen molar-refractivity contribution < 1.29 is 13.2 Å². The maximum atomic E-state index is 12.8. The van der Waals surface area contributed by atoms with Gasteiger partial charge in [-0.05, 0) is 24.0 Å². The molecule has 0 bridgehead atoms. The van der Waals surface area contributed by atoms with Gasteiger partial charge in [0.15, 0.2) is 0 Å². The Bertz CT molecular complexity index is 783. The standard InChI is InChI=1S/C19H22N2O3S/c1-25(23,24)21-14-8-13-17(21)19(22)20-18(15-9-4-2-5-10-15)16-11-6-3-7-12-16/h2-7,9-12,17-18H,8,13-14H2,1H3,(H,20,22)/t17-/m0/s1. The summed E-state index contributed by atoms with van der Waals surface area (Å²) in [4.78, 5) is 12.8. The third-order valence-corrected chi connectivity index (χ3v) is 5.77. The molecule has 6 heteroatoms. The van der Waals surface area contributed by atoms with E-state index in [2.05, 4.69) is 5.32 Å². The number of amides is 1. The van der Waals surface area contributed by atoms with E-state index in [0.717, 1.165) is 17.4 Å². The smallest absolute Gasteiger partial charge is 0.239 e. The molecule has 0 aliphatic carbocycles. The van der Waals surface area contributed by atoms with Crippen LogP contribution in [0.1, 0.15) is 30.0 Å². The Kier molecular flexibility index (Phi) is 5.20. The summed E-state index contributed by atoms with van der Waals surface area (Å²) in [6.45, 7) is 0.401. The van der Waals surface area contributed by atoms with E-state index in [0.29, 0.717) is 19.4 Å². The summed E-state index contributed by atoms with van der Waals surface area (Å²) in [7, 11) is -3.39. The van der Waals surface area contributed by atoms with Gasteiger partial charge in [-0.2, -0.15) is 4.31 Å². The molecule has 0 unspecified atom stereocenters. The summed E-state index contributed by atoms with van der Waals surface area (Å²) in [5.41, 5.74) is 1.93. The molecule has 0 radical (unpaired) electrons. The minimum Gasteiger partial charge on any atom is -0.344 e. The zero-order chi connectivity index (χ0) is 17.9. The highest BCUT2D eigenvalue weighted by molar-refractivity contribution is 7.88. The van der Waals surface area contributed by atoms with Gasteiger partial charge in [-0.3, -0.25) is 4.79 Å². The van der Waals surface area contributed by atoms with E-state index < -0.39 is 16.1 Å². The maximum absolute atomic E-state index is 12.8. The molecule has 0 spiro atoms. The third kappa shape index (κ3) is 4.08. The Hall–Kier alpha value is -2.18. The molecule has 0 aromatic heterocycles. The van der Waals surface area contributed by atoms with Gasteiger partial charge in [-0.15, -0.1) is 0 Å². The second-order valence-corrected chi connectivity index (χ2v) is 8.23. The van der Waals surface area contributed by atoms with Crippen LogP contribution in [0.25, 0.3) is 0 Å². The summed E-state index contributed by atoms with van der Waals surface area (Å²) in [5, 5.41) is 3.05. The first kappa shape index (κ1) is 17.6. The van der Waals surface area contributed by atoms with Crippen LogP contribution in [0.3, 0.4) is 0 Å². The average Bonchev–Trinajstić information content (AvgIpc) is 3.11. The number of rotatable bonds is 5. The first-order valence-electron chi connectivity index (χ1n) is 8.34. The SMILES string of the molecule is CS(=O)(=O)N1CCC[C@H]1C(=O)NC(c1ccccc1)c1ccccc1. The van der Waals surface area contributed by atoms with Gasteiger partial charge in [-0.1, -0.05) is 60.7 Å². The van der Waals surface area contributed by atoms with Crippen LogP contribution in [0.15, 0.2) is 60.7 Å². The molecule has 1 heterocycles. The van der Waals surface area contributed by atoms with E-state index in [-0.39, 0.29) is 11.9 Å². The Morgan fingerprint density at radius 1 is 1.04 bits per heavy atom. The number of nitrogens with zero attached hydrogens (tertiary/aromatic N) is 1. The van der Waals surface area contributed by atoms with E-state index in [1.165, 1.54) is 4.31 Å². The molecule has 1 aliphatic heterocycles. The zero-order valence-electron chi connectivity index (χ0n) is 14.1. The van der Waals surface area contributed by atoms with Crippen molar-refractivity contribution >= 4 is 15.9 Å². The number of hydrogen-bond acceptors (Lipinski definition) is 3. The van der Waals surface area contributed by atoms with E-state index >= 15 is 0 Å². The van der Waals surface area contributed by atoms with Crippen molar-refractivity contribution in [2.24, 2.45) is 0 Å². The quantitative estimate of drug-likeness (QED) is 0.892. The molecule has 1 aliphatic rings. The van der Waals surface area contributed by atoms with Crippen molar-refractivity contribution in [2.45, 2.75) is 24.9 Å². The highest BCUT2D eigenvalue weighted by atomic mass is 32.2. The van der Waals surface area contributed by atoms with Gasteiger partial charge >= 0.3 is 0 Å². The van der Waals surface area contributed by atoms with Crippen molar-refractivity contribution in [3.63, 3.8) is 0 Å². The first-order valence-corrected chi connectivity index (χ1v) is 10.2. The lowest BCUT2D eigenvalue weighted by molar-refractivity contribution is -0.124. The lowest BCUT2D eigenvalue weighted by Crippen LogP contribution is -2.46. The van der Waals surface area contributed by atoms with E-state index in [1.807, 2.05) is 60.7 Å². The molecule has 2 aromatic carbocycles. The lowest BCUT2D eigenvalue weighted by atomic mass is 9.98. The molecule has 25 heavy (non-hydrogen) atoms. The topological polar surface area (TPSA) is 66.5 Å². The number of nitrogens with one attached hydrogen (secondary N) is 1. The van der Waals surface area contributed by atoms with Crippen LogP contribution in [0.5, 0.6) is 0 Å². The van der Waals surface area contributed by atoms with Crippen LogP contribution in [0, 0.1) is 0 Å². The van der Waals surface area contributed by atoms with Crippen molar-refractivity contribution in [1.82, 2.24) is 9.62 Å². The largest absolute Gasteiger partial charge is 0.344 e. The normalized spacial score (nSPS) is 18.4. The summed E-state index contributed by atoms with van der Waals surface area (Å²) >= 11 is 0. The summed E-state index contributed by atoms with van der Waals surface area (Å²) in [5.74, 6) is -0.249. The van der Waals surface area contributed by atoms with Crippen LogP contribution < -0.4 is 5.32 Å². The molecule has 132 valence electrons. The summed E-state index contributed by atoms with van der Waals surface area (Å²) in [6, 6.07) is 18.5. The summed E-state index contributed by atoms with van der Waals surface area (Å²) < 4.78 is 25.1. The van der Waals surface area contributed by atoms with E-state index in [9.17, 15) is 13.2 Å². The van der Waals surface area contributed by atoms with Gasteiger partial charge in [0, 0.05) is 6.54 Å². The molecule has 2 aromatic rings. The number of carbonyl (C=O) groups excluding carboxylic acids is 1.